The molecule has 0 radical (unpaired) electrons. The van der Waals surface area contributed by atoms with Gasteiger partial charge in [0, 0.05) is 30.1 Å². The number of carbonyl (C=O) groups excluding carboxylic acids is 1. The molecule has 0 bridgehead atoms. The summed E-state index contributed by atoms with van der Waals surface area (Å²) in [7, 11) is 0. The van der Waals surface area contributed by atoms with Crippen LogP contribution in [0.2, 0.25) is 0 Å². The summed E-state index contributed by atoms with van der Waals surface area (Å²) in [5.74, 6) is 2.66. The molecule has 28 heavy (non-hydrogen) atoms. The third-order valence-corrected chi connectivity index (χ3v) is 5.47. The van der Waals surface area contributed by atoms with E-state index in [1.165, 1.54) is 0 Å². The third kappa shape index (κ3) is 3.27. The van der Waals surface area contributed by atoms with Crippen molar-refractivity contribution in [2.75, 3.05) is 24.5 Å². The summed E-state index contributed by atoms with van der Waals surface area (Å²) < 4.78 is 18.3. The summed E-state index contributed by atoms with van der Waals surface area (Å²) in [5, 5.41) is 3.94. The second kappa shape index (κ2) is 7.12. The average molecular weight is 395 g/mol. The highest BCUT2D eigenvalue weighted by Gasteiger charge is 2.18. The Bertz CT molecular complexity index is 1030. The molecule has 2 aliphatic rings. The Morgan fingerprint density at radius 3 is 3.04 bits per heavy atom. The van der Waals surface area contributed by atoms with E-state index in [0.29, 0.717) is 22.9 Å². The first-order valence-corrected chi connectivity index (χ1v) is 9.86. The summed E-state index contributed by atoms with van der Waals surface area (Å²) in [6, 6.07) is 12.9. The lowest BCUT2D eigenvalue weighted by Crippen LogP contribution is -2.20. The van der Waals surface area contributed by atoms with Crippen LogP contribution < -0.4 is 19.5 Å². The summed E-state index contributed by atoms with van der Waals surface area (Å²) in [5.41, 5.74) is 2.46. The number of fused-ring (bicyclic) bond motifs is 2. The number of benzene rings is 2. The third-order valence-electron chi connectivity index (χ3n) is 4.49. The van der Waals surface area contributed by atoms with Crippen molar-refractivity contribution in [3.8, 4) is 28.5 Å². The van der Waals surface area contributed by atoms with E-state index in [4.69, 9.17) is 14.2 Å². The van der Waals surface area contributed by atoms with Crippen molar-refractivity contribution in [2.45, 2.75) is 11.7 Å². The number of imidazole rings is 1. The van der Waals surface area contributed by atoms with Gasteiger partial charge in [-0.1, -0.05) is 30.0 Å². The SMILES string of the molecule is O=C(COc1ccc2c(c1)OCO2)Nc1ccccc1-c1cn2c(n1)SCC2. The minimum absolute atomic E-state index is 0.108. The van der Waals surface area contributed by atoms with Crippen LogP contribution in [0.4, 0.5) is 5.69 Å². The molecule has 3 aromatic rings. The Hall–Kier alpha value is -3.13. The number of anilines is 1. The lowest BCUT2D eigenvalue weighted by Gasteiger charge is -2.11. The van der Waals surface area contributed by atoms with E-state index in [0.717, 1.165) is 28.7 Å². The zero-order chi connectivity index (χ0) is 18.9. The number of amides is 1. The maximum Gasteiger partial charge on any atom is 0.262 e. The molecule has 2 aromatic carbocycles. The van der Waals surface area contributed by atoms with Crippen LogP contribution in [0.15, 0.2) is 53.8 Å². The highest BCUT2D eigenvalue weighted by molar-refractivity contribution is 7.99. The number of ether oxygens (including phenoxy) is 3. The predicted molar refractivity (Wildman–Crippen MR) is 105 cm³/mol. The molecule has 142 valence electrons. The number of nitrogens with one attached hydrogen (secondary N) is 1. The fourth-order valence-corrected chi connectivity index (χ4v) is 4.10. The number of hydrogen-bond acceptors (Lipinski definition) is 6. The minimum atomic E-state index is -0.244. The van der Waals surface area contributed by atoms with Crippen molar-refractivity contribution in [3.63, 3.8) is 0 Å². The minimum Gasteiger partial charge on any atom is -0.484 e. The van der Waals surface area contributed by atoms with Gasteiger partial charge in [0.1, 0.15) is 5.75 Å². The van der Waals surface area contributed by atoms with Crippen LogP contribution in [0.1, 0.15) is 0 Å². The Morgan fingerprint density at radius 2 is 2.11 bits per heavy atom. The molecular formula is C20H17N3O4S. The molecule has 8 heteroatoms. The summed E-state index contributed by atoms with van der Waals surface area (Å²) in [6.45, 7) is 1.06. The van der Waals surface area contributed by atoms with Crippen LogP contribution in [-0.4, -0.2) is 34.6 Å². The number of nitrogens with zero attached hydrogens (tertiary/aromatic N) is 2. The van der Waals surface area contributed by atoms with Gasteiger partial charge in [-0.15, -0.1) is 0 Å². The monoisotopic (exact) mass is 395 g/mol. The number of thioether (sulfide) groups is 1. The first-order valence-electron chi connectivity index (χ1n) is 8.88. The van der Waals surface area contributed by atoms with E-state index < -0.39 is 0 Å². The van der Waals surface area contributed by atoms with Crippen LogP contribution in [-0.2, 0) is 11.3 Å². The van der Waals surface area contributed by atoms with Crippen molar-refractivity contribution in [3.05, 3.63) is 48.7 Å². The molecule has 2 aliphatic heterocycles. The van der Waals surface area contributed by atoms with Gasteiger partial charge in [0.2, 0.25) is 6.79 Å². The van der Waals surface area contributed by atoms with Gasteiger partial charge in [0.25, 0.3) is 5.91 Å². The number of aromatic nitrogens is 2. The predicted octanol–water partition coefficient (Wildman–Crippen LogP) is 3.40. The van der Waals surface area contributed by atoms with E-state index >= 15 is 0 Å². The summed E-state index contributed by atoms with van der Waals surface area (Å²) >= 11 is 1.74. The fraction of sp³-hybridized carbons (Fsp3) is 0.200. The van der Waals surface area contributed by atoms with E-state index in [1.54, 1.807) is 30.0 Å². The molecule has 0 unspecified atom stereocenters. The Labute approximate surface area is 165 Å². The smallest absolute Gasteiger partial charge is 0.262 e. The largest absolute Gasteiger partial charge is 0.484 e. The van der Waals surface area contributed by atoms with Gasteiger partial charge in [-0.2, -0.15) is 0 Å². The van der Waals surface area contributed by atoms with Gasteiger partial charge in [-0.3, -0.25) is 4.79 Å². The van der Waals surface area contributed by atoms with Crippen LogP contribution in [0.5, 0.6) is 17.2 Å². The molecule has 0 fully saturated rings. The van der Waals surface area contributed by atoms with Gasteiger partial charge in [-0.25, -0.2) is 4.98 Å². The van der Waals surface area contributed by atoms with Gasteiger partial charge in [-0.05, 0) is 18.2 Å². The van der Waals surface area contributed by atoms with Gasteiger partial charge < -0.3 is 24.1 Å². The molecule has 0 aliphatic carbocycles. The molecular weight excluding hydrogens is 378 g/mol. The number of rotatable bonds is 5. The zero-order valence-electron chi connectivity index (χ0n) is 14.9. The van der Waals surface area contributed by atoms with Gasteiger partial charge in [0.05, 0.1) is 11.4 Å². The molecule has 0 spiro atoms. The highest BCUT2D eigenvalue weighted by Crippen LogP contribution is 2.35. The number of hydrogen-bond donors (Lipinski definition) is 1. The Balaban J connectivity index is 1.27. The number of carbonyl (C=O) groups is 1. The van der Waals surface area contributed by atoms with Crippen molar-refractivity contribution >= 4 is 23.4 Å². The number of para-hydroxylation sites is 1. The quantitative estimate of drug-likeness (QED) is 0.714. The van der Waals surface area contributed by atoms with Crippen molar-refractivity contribution in [1.29, 1.82) is 0 Å². The lowest BCUT2D eigenvalue weighted by atomic mass is 10.1. The van der Waals surface area contributed by atoms with E-state index in [1.807, 2.05) is 30.5 Å². The van der Waals surface area contributed by atoms with Crippen molar-refractivity contribution < 1.29 is 19.0 Å². The lowest BCUT2D eigenvalue weighted by molar-refractivity contribution is -0.118. The van der Waals surface area contributed by atoms with Crippen molar-refractivity contribution in [2.24, 2.45) is 0 Å². The molecule has 1 N–H and O–H groups in total. The first kappa shape index (κ1) is 17.0. The van der Waals surface area contributed by atoms with Gasteiger partial charge >= 0.3 is 0 Å². The molecule has 0 saturated heterocycles. The summed E-state index contributed by atoms with van der Waals surface area (Å²) in [6.07, 6.45) is 2.03. The molecule has 1 aromatic heterocycles. The maximum atomic E-state index is 12.4. The standard InChI is InChI=1S/C20H17N3O4S/c24-19(11-25-13-5-6-17-18(9-13)27-12-26-17)21-15-4-2-1-3-14(15)16-10-23-7-8-28-20(23)22-16/h1-6,9-10H,7-8,11-12H2,(H,21,24). The normalized spacial score (nSPS) is 14.0. The second-order valence-electron chi connectivity index (χ2n) is 6.35. The molecule has 7 nitrogen and oxygen atoms in total. The van der Waals surface area contributed by atoms with Crippen LogP contribution in [0.25, 0.3) is 11.3 Å². The van der Waals surface area contributed by atoms with Crippen LogP contribution >= 0.6 is 11.8 Å². The second-order valence-corrected chi connectivity index (χ2v) is 7.41. The topological polar surface area (TPSA) is 74.6 Å². The zero-order valence-corrected chi connectivity index (χ0v) is 15.7. The summed E-state index contributed by atoms with van der Waals surface area (Å²) in [4.78, 5) is 17.1. The Morgan fingerprint density at radius 1 is 1.21 bits per heavy atom. The van der Waals surface area contributed by atoms with Crippen molar-refractivity contribution in [1.82, 2.24) is 9.55 Å². The molecule has 1 amide bonds. The molecule has 0 atom stereocenters. The van der Waals surface area contributed by atoms with Crippen LogP contribution in [0.3, 0.4) is 0 Å². The molecule has 3 heterocycles. The van der Waals surface area contributed by atoms with Crippen LogP contribution in [0, 0.1) is 0 Å². The maximum absolute atomic E-state index is 12.4. The van der Waals surface area contributed by atoms with E-state index in [9.17, 15) is 4.79 Å². The van der Waals surface area contributed by atoms with Gasteiger partial charge in [0.15, 0.2) is 23.3 Å². The number of aryl methyl sites for hydroxylation is 1. The highest BCUT2D eigenvalue weighted by atomic mass is 32.2. The Kier molecular flexibility index (Phi) is 4.32. The van der Waals surface area contributed by atoms with E-state index in [-0.39, 0.29) is 19.3 Å². The molecule has 5 rings (SSSR count). The molecule has 0 saturated carbocycles. The first-order chi connectivity index (χ1) is 13.8. The van der Waals surface area contributed by atoms with E-state index in [2.05, 4.69) is 14.9 Å². The fourth-order valence-electron chi connectivity index (χ4n) is 3.16. The average Bonchev–Trinajstić information content (AvgIpc) is 3.42.